The molecule has 0 radical (unpaired) electrons. The number of nitrogen functional groups attached to an aromatic ring is 1. The third-order valence-electron chi connectivity index (χ3n) is 2.56. The molecule has 1 aromatic rings. The molecule has 1 rings (SSSR count). The van der Waals surface area contributed by atoms with Gasteiger partial charge in [0.1, 0.15) is 4.90 Å². The number of methoxy groups -OCH3 is 1. The largest absolute Gasteiger partial charge is 0.399 e. The lowest BCUT2D eigenvalue weighted by Crippen LogP contribution is -2.21. The summed E-state index contributed by atoms with van der Waals surface area (Å²) >= 11 is 0. The van der Waals surface area contributed by atoms with Crippen LogP contribution < -0.4 is 15.8 Å². The molecular weight excluding hydrogens is 282 g/mol. The molecule has 0 bridgehead atoms. The minimum absolute atomic E-state index is 0.122. The van der Waals surface area contributed by atoms with E-state index in [-0.39, 0.29) is 4.90 Å². The molecule has 20 heavy (non-hydrogen) atoms. The minimum atomic E-state index is -3.56. The Morgan fingerprint density at radius 2 is 2.00 bits per heavy atom. The van der Waals surface area contributed by atoms with Crippen LogP contribution in [-0.2, 0) is 19.5 Å². The van der Waals surface area contributed by atoms with Gasteiger partial charge in [0, 0.05) is 19.3 Å². The van der Waals surface area contributed by atoms with Crippen LogP contribution in [0, 0.1) is 0 Å². The van der Waals surface area contributed by atoms with Crippen molar-refractivity contribution in [1.82, 2.24) is 4.72 Å². The number of benzene rings is 1. The van der Waals surface area contributed by atoms with Crippen LogP contribution in [0.5, 0.6) is 0 Å². The van der Waals surface area contributed by atoms with E-state index in [0.717, 1.165) is 0 Å². The second kappa shape index (κ2) is 8.05. The number of hydrogen-bond donors (Lipinski definition) is 3. The molecular formula is C12H21N3O4S. The Balaban J connectivity index is 2.66. The molecule has 0 saturated heterocycles. The highest BCUT2D eigenvalue weighted by atomic mass is 32.2. The number of ether oxygens (including phenoxy) is 2. The topological polar surface area (TPSA) is 103 Å². The van der Waals surface area contributed by atoms with Crippen LogP contribution in [0.15, 0.2) is 23.1 Å². The lowest BCUT2D eigenvalue weighted by Gasteiger charge is -2.13. The van der Waals surface area contributed by atoms with Crippen molar-refractivity contribution < 1.29 is 17.9 Å². The van der Waals surface area contributed by atoms with E-state index >= 15 is 0 Å². The van der Waals surface area contributed by atoms with E-state index in [1.54, 1.807) is 19.2 Å². The standard InChI is InChI=1S/C12H21N3O4S/c1-14-20(16,17)12-9-10(13)3-4-11(12)15-5-6-19-8-7-18-2/h3-4,9,14-15H,5-8,13H2,1-2H3. The van der Waals surface area contributed by atoms with Crippen molar-refractivity contribution in [2.24, 2.45) is 0 Å². The summed E-state index contributed by atoms with van der Waals surface area (Å²) in [6, 6.07) is 4.69. The van der Waals surface area contributed by atoms with E-state index in [4.69, 9.17) is 15.2 Å². The van der Waals surface area contributed by atoms with Crippen LogP contribution in [0.25, 0.3) is 0 Å². The first-order valence-corrected chi connectivity index (χ1v) is 7.63. The predicted octanol–water partition coefficient (Wildman–Crippen LogP) is 0.252. The lowest BCUT2D eigenvalue weighted by molar-refractivity contribution is 0.0759. The Hall–Kier alpha value is -1.35. The molecule has 0 unspecified atom stereocenters. The average molecular weight is 303 g/mol. The molecule has 0 spiro atoms. The molecule has 0 aliphatic rings. The van der Waals surface area contributed by atoms with Gasteiger partial charge in [-0.2, -0.15) is 0 Å². The van der Waals surface area contributed by atoms with Crippen LogP contribution in [0.1, 0.15) is 0 Å². The predicted molar refractivity (Wildman–Crippen MR) is 78.3 cm³/mol. The molecule has 7 nitrogen and oxygen atoms in total. The van der Waals surface area contributed by atoms with Gasteiger partial charge in [-0.25, -0.2) is 13.1 Å². The monoisotopic (exact) mass is 303 g/mol. The van der Waals surface area contributed by atoms with Crippen LogP contribution in [0.3, 0.4) is 0 Å². The Bertz CT molecular complexity index is 519. The van der Waals surface area contributed by atoms with Crippen molar-refractivity contribution >= 4 is 21.4 Å². The second-order valence-electron chi connectivity index (χ2n) is 4.00. The second-order valence-corrected chi connectivity index (χ2v) is 5.85. The van der Waals surface area contributed by atoms with Crippen LogP contribution in [-0.4, -0.2) is 48.9 Å². The fraction of sp³-hybridized carbons (Fsp3) is 0.500. The van der Waals surface area contributed by atoms with Gasteiger partial charge >= 0.3 is 0 Å². The smallest absolute Gasteiger partial charge is 0.242 e. The fourth-order valence-corrected chi connectivity index (χ4v) is 2.46. The van der Waals surface area contributed by atoms with Gasteiger partial charge < -0.3 is 20.5 Å². The minimum Gasteiger partial charge on any atom is -0.399 e. The van der Waals surface area contributed by atoms with Gasteiger partial charge in [-0.1, -0.05) is 0 Å². The molecule has 0 aliphatic carbocycles. The van der Waals surface area contributed by atoms with Gasteiger partial charge in [0.05, 0.1) is 25.5 Å². The van der Waals surface area contributed by atoms with E-state index < -0.39 is 10.0 Å². The Kier molecular flexibility index (Phi) is 6.73. The van der Waals surface area contributed by atoms with E-state index in [2.05, 4.69) is 10.0 Å². The number of nitrogens with one attached hydrogen (secondary N) is 2. The van der Waals surface area contributed by atoms with Gasteiger partial charge in [-0.3, -0.25) is 0 Å². The van der Waals surface area contributed by atoms with Crippen molar-refractivity contribution in [2.45, 2.75) is 4.90 Å². The van der Waals surface area contributed by atoms with E-state index in [1.165, 1.54) is 13.1 Å². The molecule has 0 saturated carbocycles. The molecule has 0 fully saturated rings. The van der Waals surface area contributed by atoms with Crippen LogP contribution >= 0.6 is 0 Å². The van der Waals surface area contributed by atoms with Crippen molar-refractivity contribution in [2.75, 3.05) is 51.6 Å². The number of rotatable bonds is 9. The Morgan fingerprint density at radius 1 is 1.25 bits per heavy atom. The molecule has 4 N–H and O–H groups in total. The first kappa shape index (κ1) is 16.7. The van der Waals surface area contributed by atoms with Crippen molar-refractivity contribution in [3.05, 3.63) is 18.2 Å². The average Bonchev–Trinajstić information content (AvgIpc) is 2.44. The number of sulfonamides is 1. The lowest BCUT2D eigenvalue weighted by atomic mass is 10.3. The molecule has 114 valence electrons. The van der Waals surface area contributed by atoms with Crippen molar-refractivity contribution in [3.63, 3.8) is 0 Å². The Morgan fingerprint density at radius 3 is 2.65 bits per heavy atom. The van der Waals surface area contributed by atoms with E-state index in [1.807, 2.05) is 0 Å². The zero-order valence-electron chi connectivity index (χ0n) is 11.7. The third kappa shape index (κ3) is 4.97. The SMILES string of the molecule is CNS(=O)(=O)c1cc(N)ccc1NCCOCCOC. The molecule has 0 aliphatic heterocycles. The highest BCUT2D eigenvalue weighted by molar-refractivity contribution is 7.89. The maximum atomic E-state index is 11.9. The molecule has 0 atom stereocenters. The van der Waals surface area contributed by atoms with Gasteiger partial charge in [0.15, 0.2) is 0 Å². The van der Waals surface area contributed by atoms with Crippen molar-refractivity contribution in [3.8, 4) is 0 Å². The summed E-state index contributed by atoms with van der Waals surface area (Å²) in [5.41, 5.74) is 6.51. The Labute approximate surface area is 119 Å². The fourth-order valence-electron chi connectivity index (χ4n) is 1.52. The summed E-state index contributed by atoms with van der Waals surface area (Å²) in [5, 5.41) is 3.02. The zero-order valence-corrected chi connectivity index (χ0v) is 12.5. The maximum Gasteiger partial charge on any atom is 0.242 e. The van der Waals surface area contributed by atoms with Gasteiger partial charge in [0.2, 0.25) is 10.0 Å². The summed E-state index contributed by atoms with van der Waals surface area (Å²) in [7, 11) is -0.597. The normalized spacial score (nSPS) is 11.5. The summed E-state index contributed by atoms with van der Waals surface area (Å²) in [4.78, 5) is 0.122. The number of nitrogens with two attached hydrogens (primary N) is 1. The van der Waals surface area contributed by atoms with Gasteiger partial charge in [0.25, 0.3) is 0 Å². The molecule has 0 amide bonds. The molecule has 1 aromatic carbocycles. The summed E-state index contributed by atoms with van der Waals surface area (Å²) in [5.74, 6) is 0. The van der Waals surface area contributed by atoms with Crippen LogP contribution in [0.2, 0.25) is 0 Å². The maximum absolute atomic E-state index is 11.9. The first-order chi connectivity index (χ1) is 9.51. The first-order valence-electron chi connectivity index (χ1n) is 6.15. The van der Waals surface area contributed by atoms with Crippen molar-refractivity contribution in [1.29, 1.82) is 0 Å². The third-order valence-corrected chi connectivity index (χ3v) is 4.01. The van der Waals surface area contributed by atoms with E-state index in [0.29, 0.717) is 37.7 Å². The molecule has 0 heterocycles. The van der Waals surface area contributed by atoms with Gasteiger partial charge in [-0.05, 0) is 25.2 Å². The highest BCUT2D eigenvalue weighted by Gasteiger charge is 2.16. The number of anilines is 2. The van der Waals surface area contributed by atoms with Gasteiger partial charge in [-0.15, -0.1) is 0 Å². The molecule has 0 aromatic heterocycles. The summed E-state index contributed by atoms with van der Waals surface area (Å²) in [6.45, 7) is 1.97. The quantitative estimate of drug-likeness (QED) is 0.446. The zero-order chi connectivity index (χ0) is 15.0. The van der Waals surface area contributed by atoms with Crippen LogP contribution in [0.4, 0.5) is 11.4 Å². The summed E-state index contributed by atoms with van der Waals surface area (Å²) in [6.07, 6.45) is 0. The molecule has 8 heteroatoms. The highest BCUT2D eigenvalue weighted by Crippen LogP contribution is 2.23. The summed E-state index contributed by atoms with van der Waals surface area (Å²) < 4.78 is 36.2. The van der Waals surface area contributed by atoms with E-state index in [9.17, 15) is 8.42 Å². The number of hydrogen-bond acceptors (Lipinski definition) is 6.